The zero-order valence-electron chi connectivity index (χ0n) is 9.65. The van der Waals surface area contributed by atoms with Gasteiger partial charge in [0.15, 0.2) is 11.6 Å². The molecular formula is C11H14F2N2O3. The molecular weight excluding hydrogens is 246 g/mol. The number of halogens is 2. The van der Waals surface area contributed by atoms with Crippen molar-refractivity contribution in [1.82, 2.24) is 5.32 Å². The van der Waals surface area contributed by atoms with Crippen LogP contribution in [0, 0.1) is 11.6 Å². The van der Waals surface area contributed by atoms with E-state index in [1.54, 1.807) is 0 Å². The van der Waals surface area contributed by atoms with Crippen molar-refractivity contribution >= 4 is 11.6 Å². The van der Waals surface area contributed by atoms with Gasteiger partial charge in [0.1, 0.15) is 12.2 Å². The Labute approximate surface area is 102 Å². The normalized spacial score (nSPS) is 14.1. The van der Waals surface area contributed by atoms with Crippen LogP contribution in [0.25, 0.3) is 0 Å². The minimum absolute atomic E-state index is 0.133. The minimum Gasteiger partial charge on any atom is -0.398 e. The summed E-state index contributed by atoms with van der Waals surface area (Å²) in [6.07, 6.45) is -2.90. The van der Waals surface area contributed by atoms with Crippen LogP contribution in [-0.2, 0) is 4.79 Å². The zero-order valence-corrected chi connectivity index (χ0v) is 9.65. The Morgan fingerprint density at radius 1 is 1.39 bits per heavy atom. The first-order valence-corrected chi connectivity index (χ1v) is 5.18. The van der Waals surface area contributed by atoms with Gasteiger partial charge in [-0.05, 0) is 6.07 Å². The van der Waals surface area contributed by atoms with Crippen LogP contribution in [-0.4, -0.2) is 28.8 Å². The summed E-state index contributed by atoms with van der Waals surface area (Å²) in [6, 6.07) is 1.44. The second kappa shape index (κ2) is 5.74. The first-order chi connectivity index (χ1) is 8.32. The van der Waals surface area contributed by atoms with Crippen LogP contribution in [0.15, 0.2) is 12.1 Å². The SMILES string of the molecule is CC(=O)NCC(O)C(O)c1cc(F)c(F)cc1N. The number of aliphatic hydroxyl groups excluding tert-OH is 2. The van der Waals surface area contributed by atoms with Gasteiger partial charge >= 0.3 is 0 Å². The smallest absolute Gasteiger partial charge is 0.216 e. The summed E-state index contributed by atoms with van der Waals surface area (Å²) in [4.78, 5) is 10.6. The molecule has 0 aliphatic heterocycles. The van der Waals surface area contributed by atoms with E-state index in [-0.39, 0.29) is 23.7 Å². The molecule has 0 aliphatic carbocycles. The Morgan fingerprint density at radius 3 is 2.50 bits per heavy atom. The quantitative estimate of drug-likeness (QED) is 0.576. The maximum atomic E-state index is 13.0. The number of nitrogens with two attached hydrogens (primary N) is 1. The molecule has 0 radical (unpaired) electrons. The number of nitrogen functional groups attached to an aromatic ring is 1. The van der Waals surface area contributed by atoms with E-state index in [1.165, 1.54) is 6.92 Å². The molecule has 0 aliphatic rings. The summed E-state index contributed by atoms with van der Waals surface area (Å²) in [5.41, 5.74) is 5.11. The maximum Gasteiger partial charge on any atom is 0.216 e. The molecule has 0 saturated heterocycles. The summed E-state index contributed by atoms with van der Waals surface area (Å²) in [5.74, 6) is -2.70. The molecule has 0 fully saturated rings. The molecule has 0 spiro atoms. The van der Waals surface area contributed by atoms with E-state index in [9.17, 15) is 23.8 Å². The van der Waals surface area contributed by atoms with Gasteiger partial charge in [-0.3, -0.25) is 4.79 Å². The minimum atomic E-state index is -1.52. The maximum absolute atomic E-state index is 13.0. The fourth-order valence-corrected chi connectivity index (χ4v) is 1.40. The number of hydrogen-bond donors (Lipinski definition) is 4. The van der Waals surface area contributed by atoms with Gasteiger partial charge in [0.2, 0.25) is 5.91 Å². The third-order valence-corrected chi connectivity index (χ3v) is 2.37. The molecule has 100 valence electrons. The van der Waals surface area contributed by atoms with Gasteiger partial charge in [0, 0.05) is 30.8 Å². The lowest BCUT2D eigenvalue weighted by Gasteiger charge is -2.20. The Kier molecular flexibility index (Phi) is 4.57. The lowest BCUT2D eigenvalue weighted by molar-refractivity contribution is -0.119. The van der Waals surface area contributed by atoms with Crippen LogP contribution >= 0.6 is 0 Å². The molecule has 0 heterocycles. The van der Waals surface area contributed by atoms with Crippen LogP contribution in [0.3, 0.4) is 0 Å². The molecule has 1 amide bonds. The van der Waals surface area contributed by atoms with Gasteiger partial charge in [-0.15, -0.1) is 0 Å². The number of aliphatic hydroxyl groups is 2. The summed E-state index contributed by atoms with van der Waals surface area (Å²) in [6.45, 7) is 1.01. The highest BCUT2D eigenvalue weighted by atomic mass is 19.2. The van der Waals surface area contributed by atoms with Gasteiger partial charge in [0.25, 0.3) is 0 Å². The third-order valence-electron chi connectivity index (χ3n) is 2.37. The molecule has 1 aromatic rings. The molecule has 0 saturated carbocycles. The van der Waals surface area contributed by atoms with Crippen molar-refractivity contribution in [2.24, 2.45) is 0 Å². The van der Waals surface area contributed by atoms with Crippen molar-refractivity contribution < 1.29 is 23.8 Å². The molecule has 1 rings (SSSR count). The molecule has 5 nitrogen and oxygen atoms in total. The summed E-state index contributed by atoms with van der Waals surface area (Å²) in [7, 11) is 0. The Bertz CT molecular complexity index is 454. The lowest BCUT2D eigenvalue weighted by atomic mass is 10.0. The number of carbonyl (C=O) groups excluding carboxylic acids is 1. The Balaban J connectivity index is 2.86. The fraction of sp³-hybridized carbons (Fsp3) is 0.364. The number of amides is 1. The van der Waals surface area contributed by atoms with Crippen LogP contribution in [0.4, 0.5) is 14.5 Å². The molecule has 5 N–H and O–H groups in total. The predicted octanol–water partition coefficient (Wildman–Crippen LogP) is 0.0774. The highest BCUT2D eigenvalue weighted by molar-refractivity contribution is 5.72. The van der Waals surface area contributed by atoms with Crippen molar-refractivity contribution in [1.29, 1.82) is 0 Å². The molecule has 18 heavy (non-hydrogen) atoms. The molecule has 2 unspecified atom stereocenters. The van der Waals surface area contributed by atoms with Crippen molar-refractivity contribution in [3.8, 4) is 0 Å². The first kappa shape index (κ1) is 14.3. The number of carbonyl (C=O) groups is 1. The van der Waals surface area contributed by atoms with Crippen LogP contribution in [0.5, 0.6) is 0 Å². The molecule has 7 heteroatoms. The van der Waals surface area contributed by atoms with Gasteiger partial charge in [-0.25, -0.2) is 8.78 Å². The van der Waals surface area contributed by atoms with Crippen molar-refractivity contribution in [2.45, 2.75) is 19.1 Å². The largest absolute Gasteiger partial charge is 0.398 e. The second-order valence-corrected chi connectivity index (χ2v) is 3.84. The number of rotatable bonds is 4. The first-order valence-electron chi connectivity index (χ1n) is 5.18. The number of anilines is 1. The molecule has 2 atom stereocenters. The third kappa shape index (κ3) is 3.38. The van der Waals surface area contributed by atoms with Crippen molar-refractivity contribution in [2.75, 3.05) is 12.3 Å². The average Bonchev–Trinajstić information content (AvgIpc) is 2.29. The van der Waals surface area contributed by atoms with Gasteiger partial charge in [-0.1, -0.05) is 0 Å². The van der Waals surface area contributed by atoms with E-state index in [2.05, 4.69) is 5.32 Å². The van der Waals surface area contributed by atoms with E-state index < -0.39 is 23.8 Å². The van der Waals surface area contributed by atoms with Gasteiger partial charge in [-0.2, -0.15) is 0 Å². The molecule has 0 aromatic heterocycles. The summed E-state index contributed by atoms with van der Waals surface area (Å²) < 4.78 is 25.8. The van der Waals surface area contributed by atoms with Crippen LogP contribution in [0.1, 0.15) is 18.6 Å². The number of nitrogens with one attached hydrogen (secondary N) is 1. The van der Waals surface area contributed by atoms with E-state index in [0.717, 1.165) is 6.07 Å². The van der Waals surface area contributed by atoms with Crippen LogP contribution < -0.4 is 11.1 Å². The standard InChI is InChI=1S/C11H14F2N2O3/c1-5(16)15-4-10(17)11(18)6-2-7(12)8(13)3-9(6)14/h2-3,10-11,17-18H,4,14H2,1H3,(H,15,16). The summed E-state index contributed by atoms with van der Waals surface area (Å²) in [5, 5.41) is 21.6. The highest BCUT2D eigenvalue weighted by Gasteiger charge is 2.22. The Morgan fingerprint density at radius 2 is 1.94 bits per heavy atom. The van der Waals surface area contributed by atoms with E-state index in [1.807, 2.05) is 0 Å². The highest BCUT2D eigenvalue weighted by Crippen LogP contribution is 2.25. The Hall–Kier alpha value is -1.73. The fourth-order valence-electron chi connectivity index (χ4n) is 1.40. The molecule has 1 aromatic carbocycles. The van der Waals surface area contributed by atoms with E-state index in [4.69, 9.17) is 5.73 Å². The zero-order chi connectivity index (χ0) is 13.9. The van der Waals surface area contributed by atoms with Gasteiger partial charge < -0.3 is 21.3 Å². The topological polar surface area (TPSA) is 95.6 Å². The van der Waals surface area contributed by atoms with E-state index in [0.29, 0.717) is 6.07 Å². The average molecular weight is 260 g/mol. The summed E-state index contributed by atoms with van der Waals surface area (Å²) >= 11 is 0. The number of benzene rings is 1. The number of hydrogen-bond acceptors (Lipinski definition) is 4. The molecule has 0 bridgehead atoms. The van der Waals surface area contributed by atoms with E-state index >= 15 is 0 Å². The van der Waals surface area contributed by atoms with Crippen molar-refractivity contribution in [3.05, 3.63) is 29.3 Å². The van der Waals surface area contributed by atoms with Crippen molar-refractivity contribution in [3.63, 3.8) is 0 Å². The predicted molar refractivity (Wildman–Crippen MR) is 60.4 cm³/mol. The lowest BCUT2D eigenvalue weighted by Crippen LogP contribution is -2.34. The van der Waals surface area contributed by atoms with Crippen LogP contribution in [0.2, 0.25) is 0 Å². The second-order valence-electron chi connectivity index (χ2n) is 3.84. The van der Waals surface area contributed by atoms with Gasteiger partial charge in [0.05, 0.1) is 0 Å². The monoisotopic (exact) mass is 260 g/mol.